The van der Waals surface area contributed by atoms with E-state index in [9.17, 15) is 13.2 Å². The lowest BCUT2D eigenvalue weighted by molar-refractivity contribution is 0.0943. The van der Waals surface area contributed by atoms with Crippen LogP contribution in [0.5, 0.6) is 5.75 Å². The summed E-state index contributed by atoms with van der Waals surface area (Å²) >= 11 is 1.48. The first-order valence-corrected chi connectivity index (χ1v) is 12.9. The fourth-order valence-corrected chi connectivity index (χ4v) is 5.21. The Balaban J connectivity index is 1.51. The van der Waals surface area contributed by atoms with Crippen LogP contribution in [0.15, 0.2) is 101 Å². The first-order valence-electron chi connectivity index (χ1n) is 10.6. The zero-order valence-electron chi connectivity index (χ0n) is 18.5. The molecule has 0 bridgehead atoms. The molecule has 0 saturated carbocycles. The quantitative estimate of drug-likeness (QED) is 0.353. The van der Waals surface area contributed by atoms with Crippen LogP contribution in [-0.4, -0.2) is 21.4 Å². The first-order chi connectivity index (χ1) is 16.5. The van der Waals surface area contributed by atoms with Gasteiger partial charge in [-0.2, -0.15) is 0 Å². The Morgan fingerprint density at radius 3 is 2.18 bits per heavy atom. The molecule has 34 heavy (non-hydrogen) atoms. The van der Waals surface area contributed by atoms with E-state index in [1.54, 1.807) is 7.11 Å². The first kappa shape index (κ1) is 23.7. The fraction of sp³-hybridized carbons (Fsp3) is 0.115. The Bertz CT molecular complexity index is 1320. The van der Waals surface area contributed by atoms with Gasteiger partial charge in [-0.1, -0.05) is 48.5 Å². The molecule has 0 aliphatic carbocycles. The second-order valence-corrected chi connectivity index (χ2v) is 10.3. The topological polar surface area (TPSA) is 84.5 Å². The summed E-state index contributed by atoms with van der Waals surface area (Å²) in [5.74, 6) is 0.423. The number of amides is 1. The molecule has 3 aromatic carbocycles. The average Bonchev–Trinajstić information content (AvgIpc) is 3.41. The van der Waals surface area contributed by atoms with Crippen molar-refractivity contribution in [3.05, 3.63) is 118 Å². The molecule has 0 aliphatic heterocycles. The number of hydrogen-bond donors (Lipinski definition) is 2. The second kappa shape index (κ2) is 10.6. The van der Waals surface area contributed by atoms with E-state index >= 15 is 0 Å². The third-order valence-corrected chi connectivity index (χ3v) is 7.59. The molecule has 1 heterocycles. The van der Waals surface area contributed by atoms with E-state index in [-0.39, 0.29) is 23.4 Å². The summed E-state index contributed by atoms with van der Waals surface area (Å²) in [4.78, 5) is 14.1. The molecule has 1 atom stereocenters. The number of carbonyl (C=O) groups is 1. The van der Waals surface area contributed by atoms with E-state index in [4.69, 9.17) is 4.74 Å². The Kier molecular flexibility index (Phi) is 7.42. The maximum atomic E-state index is 13.1. The van der Waals surface area contributed by atoms with Gasteiger partial charge in [0.05, 0.1) is 18.0 Å². The van der Waals surface area contributed by atoms with Crippen LogP contribution < -0.4 is 14.8 Å². The van der Waals surface area contributed by atoms with Crippen molar-refractivity contribution in [3.8, 4) is 5.75 Å². The minimum Gasteiger partial charge on any atom is -0.497 e. The van der Waals surface area contributed by atoms with Crippen molar-refractivity contribution in [2.24, 2.45) is 0 Å². The molecular formula is C26H24N2O4S2. The number of hydrogen-bond acceptors (Lipinski definition) is 5. The molecule has 0 saturated heterocycles. The van der Waals surface area contributed by atoms with Crippen molar-refractivity contribution in [1.82, 2.24) is 10.0 Å². The highest BCUT2D eigenvalue weighted by Gasteiger charge is 2.19. The number of thiophene rings is 1. The summed E-state index contributed by atoms with van der Waals surface area (Å²) < 4.78 is 33.0. The van der Waals surface area contributed by atoms with Crippen LogP contribution in [0.2, 0.25) is 0 Å². The number of nitrogens with one attached hydrogen (secondary N) is 2. The lowest BCUT2D eigenvalue weighted by atomic mass is 9.98. The van der Waals surface area contributed by atoms with E-state index in [0.29, 0.717) is 5.56 Å². The zero-order valence-corrected chi connectivity index (χ0v) is 20.1. The molecular weight excluding hydrogens is 468 g/mol. The van der Waals surface area contributed by atoms with Crippen LogP contribution >= 0.6 is 11.3 Å². The summed E-state index contributed by atoms with van der Waals surface area (Å²) in [7, 11) is -2.08. The number of ether oxygens (including phenoxy) is 1. The van der Waals surface area contributed by atoms with Gasteiger partial charge in [-0.05, 0) is 59.0 Å². The standard InChI is InChI=1S/C26H24N2O4S2/c1-32-22-13-9-20(10-14-22)25(19-6-3-2-4-7-19)28-26(29)21-11-15-24(16-12-21)34(30,31)27-18-23-8-5-17-33-23/h2-17,25,27H,18H2,1H3,(H,28,29). The summed E-state index contributed by atoms with van der Waals surface area (Å²) in [6.07, 6.45) is 0. The van der Waals surface area contributed by atoms with Crippen molar-refractivity contribution in [1.29, 1.82) is 0 Å². The van der Waals surface area contributed by atoms with Crippen molar-refractivity contribution in [2.75, 3.05) is 7.11 Å². The van der Waals surface area contributed by atoms with Gasteiger partial charge in [0.2, 0.25) is 10.0 Å². The molecule has 8 heteroatoms. The normalized spacial score (nSPS) is 12.1. The Hall–Kier alpha value is -3.46. The summed E-state index contributed by atoms with van der Waals surface area (Å²) in [6.45, 7) is 0.225. The number of methoxy groups -OCH3 is 1. The van der Waals surface area contributed by atoms with Gasteiger partial charge < -0.3 is 10.1 Å². The lowest BCUT2D eigenvalue weighted by Gasteiger charge is -2.20. The van der Waals surface area contributed by atoms with Gasteiger partial charge >= 0.3 is 0 Å². The minimum absolute atomic E-state index is 0.107. The highest BCUT2D eigenvalue weighted by Crippen LogP contribution is 2.25. The molecule has 0 radical (unpaired) electrons. The molecule has 0 aliphatic rings. The third kappa shape index (κ3) is 5.72. The van der Waals surface area contributed by atoms with Gasteiger partial charge in [0.1, 0.15) is 5.75 Å². The predicted molar refractivity (Wildman–Crippen MR) is 134 cm³/mol. The average molecular weight is 493 g/mol. The van der Waals surface area contributed by atoms with Crippen LogP contribution in [0, 0.1) is 0 Å². The zero-order chi connectivity index (χ0) is 24.0. The van der Waals surface area contributed by atoms with Gasteiger partial charge in [0.25, 0.3) is 5.91 Å². The molecule has 1 amide bonds. The van der Waals surface area contributed by atoms with Crippen molar-refractivity contribution in [2.45, 2.75) is 17.5 Å². The van der Waals surface area contributed by atoms with Crippen LogP contribution in [0.4, 0.5) is 0 Å². The second-order valence-electron chi connectivity index (χ2n) is 7.52. The molecule has 4 rings (SSSR count). The molecule has 1 aromatic heterocycles. The molecule has 174 valence electrons. The molecule has 0 fully saturated rings. The fourth-order valence-electron chi connectivity index (χ4n) is 3.46. The Labute approximate surface area is 203 Å². The third-order valence-electron chi connectivity index (χ3n) is 5.30. The Morgan fingerprint density at radius 1 is 0.882 bits per heavy atom. The van der Waals surface area contributed by atoms with Crippen molar-refractivity contribution >= 4 is 27.3 Å². The number of sulfonamides is 1. The van der Waals surface area contributed by atoms with Crippen LogP contribution in [0.3, 0.4) is 0 Å². The van der Waals surface area contributed by atoms with E-state index in [1.165, 1.54) is 35.6 Å². The highest BCUT2D eigenvalue weighted by molar-refractivity contribution is 7.89. The van der Waals surface area contributed by atoms with Gasteiger partial charge in [0, 0.05) is 17.0 Å². The Morgan fingerprint density at radius 2 is 1.56 bits per heavy atom. The van der Waals surface area contributed by atoms with Crippen LogP contribution in [0.1, 0.15) is 32.4 Å². The van der Waals surface area contributed by atoms with Crippen molar-refractivity contribution < 1.29 is 17.9 Å². The lowest BCUT2D eigenvalue weighted by Crippen LogP contribution is -2.29. The van der Waals surface area contributed by atoms with Crippen molar-refractivity contribution in [3.63, 3.8) is 0 Å². The molecule has 1 unspecified atom stereocenters. The van der Waals surface area contributed by atoms with E-state index < -0.39 is 10.0 Å². The van der Waals surface area contributed by atoms with Gasteiger partial charge in [0.15, 0.2) is 0 Å². The van der Waals surface area contributed by atoms with Gasteiger partial charge in [-0.15, -0.1) is 11.3 Å². The highest BCUT2D eigenvalue weighted by atomic mass is 32.2. The van der Waals surface area contributed by atoms with Gasteiger partial charge in [-0.3, -0.25) is 4.79 Å². The molecule has 4 aromatic rings. The van der Waals surface area contributed by atoms with Gasteiger partial charge in [-0.25, -0.2) is 13.1 Å². The maximum Gasteiger partial charge on any atom is 0.252 e. The molecule has 2 N–H and O–H groups in total. The monoisotopic (exact) mass is 492 g/mol. The summed E-state index contributed by atoms with van der Waals surface area (Å²) in [6, 6.07) is 26.4. The summed E-state index contributed by atoms with van der Waals surface area (Å²) in [5, 5.41) is 4.96. The van der Waals surface area contributed by atoms with Crippen LogP contribution in [-0.2, 0) is 16.6 Å². The maximum absolute atomic E-state index is 13.1. The number of rotatable bonds is 9. The largest absolute Gasteiger partial charge is 0.497 e. The summed E-state index contributed by atoms with van der Waals surface area (Å²) in [5.41, 5.74) is 2.20. The van der Waals surface area contributed by atoms with Crippen LogP contribution in [0.25, 0.3) is 0 Å². The molecule has 6 nitrogen and oxygen atoms in total. The number of benzene rings is 3. The molecule has 0 spiro atoms. The number of carbonyl (C=O) groups excluding carboxylic acids is 1. The van der Waals surface area contributed by atoms with E-state index in [1.807, 2.05) is 72.1 Å². The SMILES string of the molecule is COc1ccc(C(NC(=O)c2ccc(S(=O)(=O)NCc3cccs3)cc2)c2ccccc2)cc1. The van der Waals surface area contributed by atoms with E-state index in [2.05, 4.69) is 10.0 Å². The van der Waals surface area contributed by atoms with E-state index in [0.717, 1.165) is 21.8 Å². The minimum atomic E-state index is -3.68. The smallest absolute Gasteiger partial charge is 0.252 e. The predicted octanol–water partition coefficient (Wildman–Crippen LogP) is 4.75.